The van der Waals surface area contributed by atoms with Crippen LogP contribution >= 0.6 is 15.9 Å². The Morgan fingerprint density at radius 1 is 1.33 bits per heavy atom. The maximum Gasteiger partial charge on any atom is 0.252 e. The molecule has 0 saturated carbocycles. The van der Waals surface area contributed by atoms with Gasteiger partial charge in [-0.25, -0.2) is 4.39 Å². The van der Waals surface area contributed by atoms with Gasteiger partial charge in [-0.15, -0.1) is 0 Å². The number of benzene rings is 1. The van der Waals surface area contributed by atoms with Crippen molar-refractivity contribution in [3.63, 3.8) is 0 Å². The van der Waals surface area contributed by atoms with Crippen LogP contribution in [-0.2, 0) is 6.54 Å². The Morgan fingerprint density at radius 3 is 2.61 bits per heavy atom. The van der Waals surface area contributed by atoms with Crippen LogP contribution in [0.2, 0.25) is 0 Å². The van der Waals surface area contributed by atoms with Crippen LogP contribution in [0, 0.1) is 5.82 Å². The summed E-state index contributed by atoms with van der Waals surface area (Å²) in [5, 5.41) is 0. The number of halogens is 2. The van der Waals surface area contributed by atoms with Crippen molar-refractivity contribution < 1.29 is 9.13 Å². The van der Waals surface area contributed by atoms with Crippen molar-refractivity contribution in [1.29, 1.82) is 0 Å². The molecule has 1 aromatic carbocycles. The zero-order valence-corrected chi connectivity index (χ0v) is 11.3. The Labute approximate surface area is 112 Å². The first kappa shape index (κ1) is 12.8. The lowest BCUT2D eigenvalue weighted by Gasteiger charge is -2.07. The topological polar surface area (TPSA) is 31.2 Å². The predicted molar refractivity (Wildman–Crippen MR) is 70.5 cm³/mol. The third-order valence-electron chi connectivity index (χ3n) is 2.54. The first-order valence-corrected chi connectivity index (χ1v) is 6.08. The van der Waals surface area contributed by atoms with Crippen molar-refractivity contribution in [3.05, 3.63) is 62.7 Å². The fourth-order valence-electron chi connectivity index (χ4n) is 1.57. The van der Waals surface area contributed by atoms with Gasteiger partial charge in [0.15, 0.2) is 5.82 Å². The van der Waals surface area contributed by atoms with E-state index < -0.39 is 5.82 Å². The summed E-state index contributed by atoms with van der Waals surface area (Å²) in [5.74, 6) is 0.288. The number of rotatable bonds is 3. The first-order valence-electron chi connectivity index (χ1n) is 5.28. The van der Waals surface area contributed by atoms with Gasteiger partial charge in [0.1, 0.15) is 5.75 Å². The predicted octanol–water partition coefficient (Wildman–Crippen LogP) is 2.81. The van der Waals surface area contributed by atoms with Gasteiger partial charge < -0.3 is 9.30 Å². The summed E-state index contributed by atoms with van der Waals surface area (Å²) < 4.78 is 19.9. The molecule has 0 aliphatic carbocycles. The molecule has 0 aliphatic rings. The minimum absolute atomic E-state index is 0.179. The SMILES string of the molecule is COc1ccc(Cn2cc(F)c(Br)cc2=O)cc1. The summed E-state index contributed by atoms with van der Waals surface area (Å²) in [6.45, 7) is 0.326. The largest absolute Gasteiger partial charge is 0.497 e. The summed E-state index contributed by atoms with van der Waals surface area (Å²) in [6, 6.07) is 8.50. The van der Waals surface area contributed by atoms with Gasteiger partial charge in [-0.1, -0.05) is 12.1 Å². The summed E-state index contributed by atoms with van der Waals surface area (Å²) in [5.41, 5.74) is 0.652. The highest BCUT2D eigenvalue weighted by molar-refractivity contribution is 9.10. The molecule has 18 heavy (non-hydrogen) atoms. The van der Waals surface area contributed by atoms with Gasteiger partial charge in [-0.05, 0) is 33.6 Å². The van der Waals surface area contributed by atoms with Gasteiger partial charge in [0.05, 0.1) is 18.1 Å². The van der Waals surface area contributed by atoms with E-state index in [4.69, 9.17) is 4.74 Å². The molecule has 1 heterocycles. The van der Waals surface area contributed by atoms with E-state index in [2.05, 4.69) is 15.9 Å². The van der Waals surface area contributed by atoms with E-state index in [0.717, 1.165) is 11.3 Å². The third kappa shape index (κ3) is 2.79. The molecule has 0 atom stereocenters. The van der Waals surface area contributed by atoms with Crippen LogP contribution in [0.3, 0.4) is 0 Å². The van der Waals surface area contributed by atoms with Gasteiger partial charge in [0.2, 0.25) is 0 Å². The van der Waals surface area contributed by atoms with E-state index in [1.165, 1.54) is 16.8 Å². The van der Waals surface area contributed by atoms with Crippen molar-refractivity contribution >= 4 is 15.9 Å². The number of hydrogen-bond donors (Lipinski definition) is 0. The number of methoxy groups -OCH3 is 1. The molecule has 0 amide bonds. The maximum atomic E-state index is 13.4. The number of hydrogen-bond acceptors (Lipinski definition) is 2. The summed E-state index contributed by atoms with van der Waals surface area (Å²) in [6.07, 6.45) is 1.19. The molecular weight excluding hydrogens is 301 g/mol. The normalized spacial score (nSPS) is 10.4. The van der Waals surface area contributed by atoms with E-state index in [-0.39, 0.29) is 10.0 Å². The summed E-state index contributed by atoms with van der Waals surface area (Å²) in [4.78, 5) is 11.7. The van der Waals surface area contributed by atoms with Crippen LogP contribution in [-0.4, -0.2) is 11.7 Å². The van der Waals surface area contributed by atoms with E-state index >= 15 is 0 Å². The standard InChI is InChI=1S/C13H11BrFNO2/c1-18-10-4-2-9(3-5-10)7-16-8-12(15)11(14)6-13(16)17/h2-6,8H,7H2,1H3. The van der Waals surface area contributed by atoms with Gasteiger partial charge in [-0.2, -0.15) is 0 Å². The molecule has 0 aliphatic heterocycles. The highest BCUT2D eigenvalue weighted by Crippen LogP contribution is 2.14. The molecule has 94 valence electrons. The fraction of sp³-hybridized carbons (Fsp3) is 0.154. The molecule has 3 nitrogen and oxygen atoms in total. The Bertz CT molecular complexity index is 607. The highest BCUT2D eigenvalue weighted by Gasteiger charge is 2.04. The second kappa shape index (κ2) is 5.35. The van der Waals surface area contributed by atoms with Crippen molar-refractivity contribution in [2.75, 3.05) is 7.11 Å². The Hall–Kier alpha value is -1.62. The number of aromatic nitrogens is 1. The van der Waals surface area contributed by atoms with Crippen LogP contribution in [0.5, 0.6) is 5.75 Å². The highest BCUT2D eigenvalue weighted by atomic mass is 79.9. The van der Waals surface area contributed by atoms with Gasteiger partial charge in [-0.3, -0.25) is 4.79 Å². The number of nitrogens with zero attached hydrogens (tertiary/aromatic N) is 1. The molecule has 0 unspecified atom stereocenters. The minimum Gasteiger partial charge on any atom is -0.497 e. The molecule has 5 heteroatoms. The van der Waals surface area contributed by atoms with Crippen molar-refractivity contribution in [1.82, 2.24) is 4.57 Å². The second-order valence-corrected chi connectivity index (χ2v) is 4.64. The van der Waals surface area contributed by atoms with E-state index in [0.29, 0.717) is 6.54 Å². The zero-order valence-electron chi connectivity index (χ0n) is 9.69. The van der Waals surface area contributed by atoms with Crippen LogP contribution in [0.1, 0.15) is 5.56 Å². The average molecular weight is 312 g/mol. The Kier molecular flexibility index (Phi) is 3.81. The average Bonchev–Trinajstić information content (AvgIpc) is 2.37. The molecule has 0 spiro atoms. The molecule has 1 aromatic heterocycles. The van der Waals surface area contributed by atoms with Crippen molar-refractivity contribution in [2.45, 2.75) is 6.54 Å². The number of pyridine rings is 1. The van der Waals surface area contributed by atoms with Gasteiger partial charge in [0, 0.05) is 12.3 Å². The molecule has 0 N–H and O–H groups in total. The van der Waals surface area contributed by atoms with Crippen LogP contribution in [0.25, 0.3) is 0 Å². The third-order valence-corrected chi connectivity index (χ3v) is 3.15. The second-order valence-electron chi connectivity index (χ2n) is 3.78. The molecule has 0 radical (unpaired) electrons. The molecule has 0 saturated heterocycles. The molecule has 2 aromatic rings. The maximum absolute atomic E-state index is 13.4. The van der Waals surface area contributed by atoms with Gasteiger partial charge in [0.25, 0.3) is 5.56 Å². The van der Waals surface area contributed by atoms with Crippen LogP contribution in [0.4, 0.5) is 4.39 Å². The molecule has 2 rings (SSSR count). The van der Waals surface area contributed by atoms with Gasteiger partial charge >= 0.3 is 0 Å². The first-order chi connectivity index (χ1) is 8.60. The van der Waals surface area contributed by atoms with E-state index in [9.17, 15) is 9.18 Å². The van der Waals surface area contributed by atoms with Crippen LogP contribution in [0.15, 0.2) is 45.8 Å². The Balaban J connectivity index is 2.28. The molecular formula is C13H11BrFNO2. The van der Waals surface area contributed by atoms with Crippen molar-refractivity contribution in [2.24, 2.45) is 0 Å². The Morgan fingerprint density at radius 2 is 2.00 bits per heavy atom. The minimum atomic E-state index is -0.455. The lowest BCUT2D eigenvalue weighted by molar-refractivity contribution is 0.414. The van der Waals surface area contributed by atoms with Crippen LogP contribution < -0.4 is 10.3 Å². The smallest absolute Gasteiger partial charge is 0.252 e. The fourth-order valence-corrected chi connectivity index (χ4v) is 1.87. The lowest BCUT2D eigenvalue weighted by atomic mass is 10.2. The van der Waals surface area contributed by atoms with E-state index in [1.807, 2.05) is 12.1 Å². The van der Waals surface area contributed by atoms with Crippen molar-refractivity contribution in [3.8, 4) is 5.75 Å². The lowest BCUT2D eigenvalue weighted by Crippen LogP contribution is -2.20. The summed E-state index contributed by atoms with van der Waals surface area (Å²) >= 11 is 2.98. The monoisotopic (exact) mass is 311 g/mol. The zero-order chi connectivity index (χ0) is 13.1. The molecule has 0 fully saturated rings. The quantitative estimate of drug-likeness (QED) is 0.873. The number of ether oxygens (including phenoxy) is 1. The molecule has 0 bridgehead atoms. The summed E-state index contributed by atoms with van der Waals surface area (Å²) in [7, 11) is 1.59. The van der Waals surface area contributed by atoms with E-state index in [1.54, 1.807) is 19.2 Å².